The van der Waals surface area contributed by atoms with Gasteiger partial charge in [-0.3, -0.25) is 14.9 Å². The largest absolute Gasteiger partial charge is 0.507 e. The van der Waals surface area contributed by atoms with Crippen molar-refractivity contribution in [1.82, 2.24) is 0 Å². The van der Waals surface area contributed by atoms with Crippen LogP contribution in [0.15, 0.2) is 12.1 Å². The quantitative estimate of drug-likeness (QED) is 0.420. The molecule has 0 fully saturated rings. The second-order valence-corrected chi connectivity index (χ2v) is 2.57. The monoisotopic (exact) mass is 197 g/mol. The Balaban J connectivity index is 3.39. The third kappa shape index (κ3) is 1.69. The van der Waals surface area contributed by atoms with Gasteiger partial charge in [0.05, 0.1) is 22.7 Å². The summed E-state index contributed by atoms with van der Waals surface area (Å²) in [5.41, 5.74) is -0.584. The number of aliphatic hydroxyl groups is 1. The van der Waals surface area contributed by atoms with E-state index in [9.17, 15) is 14.9 Å². The minimum Gasteiger partial charge on any atom is -0.507 e. The molecular weight excluding hydrogens is 190 g/mol. The smallest absolute Gasteiger partial charge is 0.275 e. The van der Waals surface area contributed by atoms with Gasteiger partial charge in [-0.15, -0.1) is 0 Å². The summed E-state index contributed by atoms with van der Waals surface area (Å²) in [4.78, 5) is 20.1. The Bertz CT molecular complexity index is 388. The van der Waals surface area contributed by atoms with Gasteiger partial charge in [-0.05, 0) is 6.07 Å². The zero-order valence-corrected chi connectivity index (χ0v) is 7.01. The minimum absolute atomic E-state index is 0.0295. The Labute approximate surface area is 78.6 Å². The normalized spacial score (nSPS) is 9.79. The van der Waals surface area contributed by atoms with Gasteiger partial charge in [-0.2, -0.15) is 0 Å². The van der Waals surface area contributed by atoms with Gasteiger partial charge in [0.2, 0.25) is 0 Å². The van der Waals surface area contributed by atoms with Gasteiger partial charge >= 0.3 is 0 Å². The molecule has 2 N–H and O–H groups in total. The summed E-state index contributed by atoms with van der Waals surface area (Å²) < 4.78 is 0. The Morgan fingerprint density at radius 3 is 2.57 bits per heavy atom. The highest BCUT2D eigenvalue weighted by molar-refractivity contribution is 5.81. The standard InChI is InChI=1S/C8H7NO5/c10-3-5-2-8(12)6(4-11)1-7(5)9(13)14/h1-2,4,10,12H,3H2. The van der Waals surface area contributed by atoms with Gasteiger partial charge in [-0.1, -0.05) is 0 Å². The molecule has 6 heteroatoms. The van der Waals surface area contributed by atoms with E-state index >= 15 is 0 Å². The van der Waals surface area contributed by atoms with Crippen LogP contribution in [0.4, 0.5) is 5.69 Å². The summed E-state index contributed by atoms with van der Waals surface area (Å²) >= 11 is 0. The van der Waals surface area contributed by atoms with Crippen molar-refractivity contribution in [2.45, 2.75) is 6.61 Å². The number of nitro groups is 1. The van der Waals surface area contributed by atoms with E-state index in [0.29, 0.717) is 6.29 Å². The van der Waals surface area contributed by atoms with Crippen molar-refractivity contribution >= 4 is 12.0 Å². The first-order valence-electron chi connectivity index (χ1n) is 3.66. The van der Waals surface area contributed by atoms with Gasteiger partial charge < -0.3 is 10.2 Å². The van der Waals surface area contributed by atoms with Crippen LogP contribution >= 0.6 is 0 Å². The number of nitro benzene ring substituents is 1. The first-order valence-corrected chi connectivity index (χ1v) is 3.66. The number of benzene rings is 1. The summed E-state index contributed by atoms with van der Waals surface area (Å²) in [5.74, 6) is -0.380. The lowest BCUT2D eigenvalue weighted by Gasteiger charge is -2.02. The van der Waals surface area contributed by atoms with Crippen molar-refractivity contribution < 1.29 is 19.9 Å². The molecule has 0 atom stereocenters. The predicted molar refractivity (Wildman–Crippen MR) is 46.1 cm³/mol. The fourth-order valence-electron chi connectivity index (χ4n) is 1.03. The number of nitrogens with zero attached hydrogens (tertiary/aromatic N) is 1. The number of aromatic hydroxyl groups is 1. The van der Waals surface area contributed by atoms with Crippen molar-refractivity contribution in [3.63, 3.8) is 0 Å². The third-order valence-electron chi connectivity index (χ3n) is 1.72. The maximum Gasteiger partial charge on any atom is 0.275 e. The zero-order chi connectivity index (χ0) is 10.7. The molecule has 1 rings (SSSR count). The molecule has 0 spiro atoms. The maximum absolute atomic E-state index is 10.5. The number of hydrogen-bond donors (Lipinski definition) is 2. The van der Waals surface area contributed by atoms with E-state index in [4.69, 9.17) is 10.2 Å². The molecule has 0 bridgehead atoms. The number of phenols is 1. The lowest BCUT2D eigenvalue weighted by Crippen LogP contribution is -1.97. The zero-order valence-electron chi connectivity index (χ0n) is 7.01. The number of rotatable bonds is 3. The number of carbonyl (C=O) groups is 1. The van der Waals surface area contributed by atoms with E-state index in [1.807, 2.05) is 0 Å². The SMILES string of the molecule is O=Cc1cc([N+](=O)[O-])c(CO)cc1O. The number of carbonyl (C=O) groups excluding carboxylic acids is 1. The fourth-order valence-corrected chi connectivity index (χ4v) is 1.03. The summed E-state index contributed by atoms with van der Waals surface area (Å²) in [6.45, 7) is -0.566. The van der Waals surface area contributed by atoms with Gasteiger partial charge in [0.15, 0.2) is 6.29 Å². The molecule has 0 aliphatic carbocycles. The van der Waals surface area contributed by atoms with Crippen molar-refractivity contribution in [2.24, 2.45) is 0 Å². The average Bonchev–Trinajstić information content (AvgIpc) is 2.16. The van der Waals surface area contributed by atoms with Crippen LogP contribution in [0.3, 0.4) is 0 Å². The third-order valence-corrected chi connectivity index (χ3v) is 1.72. The van der Waals surface area contributed by atoms with E-state index in [1.54, 1.807) is 0 Å². The van der Waals surface area contributed by atoms with Crippen molar-refractivity contribution in [1.29, 1.82) is 0 Å². The fraction of sp³-hybridized carbons (Fsp3) is 0.125. The van der Waals surface area contributed by atoms with Crippen molar-refractivity contribution in [3.05, 3.63) is 33.4 Å². The predicted octanol–water partition coefficient (Wildman–Crippen LogP) is 0.605. The van der Waals surface area contributed by atoms with Crippen LogP contribution in [0.5, 0.6) is 5.75 Å². The molecule has 74 valence electrons. The minimum atomic E-state index is -0.724. The molecule has 0 amide bonds. The molecular formula is C8H7NO5. The molecule has 0 heterocycles. The molecule has 0 radical (unpaired) electrons. The van der Waals surface area contributed by atoms with Crippen LogP contribution in [-0.4, -0.2) is 21.4 Å². The molecule has 1 aromatic carbocycles. The molecule has 0 aliphatic rings. The molecule has 14 heavy (non-hydrogen) atoms. The topological polar surface area (TPSA) is 101 Å². The number of aldehydes is 1. The van der Waals surface area contributed by atoms with Crippen LogP contribution in [-0.2, 0) is 6.61 Å². The molecule has 0 unspecified atom stereocenters. The molecule has 1 aromatic rings. The summed E-state index contributed by atoms with van der Waals surface area (Å²) in [5, 5.41) is 28.4. The van der Waals surface area contributed by atoms with Gasteiger partial charge in [0, 0.05) is 6.07 Å². The highest BCUT2D eigenvalue weighted by Gasteiger charge is 2.16. The molecule has 0 saturated heterocycles. The van der Waals surface area contributed by atoms with Crippen molar-refractivity contribution in [2.75, 3.05) is 0 Å². The van der Waals surface area contributed by atoms with Crippen LogP contribution in [0.25, 0.3) is 0 Å². The molecule has 6 nitrogen and oxygen atoms in total. The van der Waals surface area contributed by atoms with Crippen LogP contribution in [0.2, 0.25) is 0 Å². The Morgan fingerprint density at radius 1 is 1.50 bits per heavy atom. The summed E-state index contributed by atoms with van der Waals surface area (Å²) in [6.07, 6.45) is 0.309. The molecule has 0 saturated carbocycles. The van der Waals surface area contributed by atoms with E-state index in [2.05, 4.69) is 0 Å². The highest BCUT2D eigenvalue weighted by Crippen LogP contribution is 2.26. The van der Waals surface area contributed by atoms with Gasteiger partial charge in [0.1, 0.15) is 5.75 Å². The van der Waals surface area contributed by atoms with E-state index in [-0.39, 0.29) is 22.6 Å². The second-order valence-electron chi connectivity index (χ2n) is 2.57. The van der Waals surface area contributed by atoms with E-state index < -0.39 is 11.5 Å². The van der Waals surface area contributed by atoms with E-state index in [1.165, 1.54) is 0 Å². The van der Waals surface area contributed by atoms with E-state index in [0.717, 1.165) is 12.1 Å². The number of aliphatic hydroxyl groups excluding tert-OH is 1. The van der Waals surface area contributed by atoms with Crippen molar-refractivity contribution in [3.8, 4) is 5.75 Å². The average molecular weight is 197 g/mol. The van der Waals surface area contributed by atoms with Gasteiger partial charge in [-0.25, -0.2) is 0 Å². The number of hydrogen-bond acceptors (Lipinski definition) is 5. The lowest BCUT2D eigenvalue weighted by atomic mass is 10.1. The molecule has 0 aliphatic heterocycles. The Morgan fingerprint density at radius 2 is 2.14 bits per heavy atom. The number of phenolic OH excluding ortho intramolecular Hbond substituents is 1. The second kappa shape index (κ2) is 3.84. The lowest BCUT2D eigenvalue weighted by molar-refractivity contribution is -0.385. The van der Waals surface area contributed by atoms with Crippen LogP contribution in [0.1, 0.15) is 15.9 Å². The molecule has 0 aromatic heterocycles. The summed E-state index contributed by atoms with van der Waals surface area (Å²) in [7, 11) is 0. The van der Waals surface area contributed by atoms with Crippen LogP contribution < -0.4 is 0 Å². The Hall–Kier alpha value is -1.95. The highest BCUT2D eigenvalue weighted by atomic mass is 16.6. The summed E-state index contributed by atoms with van der Waals surface area (Å²) in [6, 6.07) is 1.93. The van der Waals surface area contributed by atoms with Crippen LogP contribution in [0, 0.1) is 10.1 Å². The maximum atomic E-state index is 10.5. The first kappa shape index (κ1) is 10.1. The Kier molecular flexibility index (Phi) is 2.78. The first-order chi connectivity index (χ1) is 6.60. The van der Waals surface area contributed by atoms with Gasteiger partial charge in [0.25, 0.3) is 5.69 Å².